The van der Waals surface area contributed by atoms with Crippen molar-refractivity contribution >= 4 is 43.5 Å². The summed E-state index contributed by atoms with van der Waals surface area (Å²) in [5.41, 5.74) is 7.88. The van der Waals surface area contributed by atoms with Crippen LogP contribution in [0.3, 0.4) is 0 Å². The lowest BCUT2D eigenvalue weighted by atomic mass is 10.2. The first-order valence-electron chi connectivity index (χ1n) is 6.01. The van der Waals surface area contributed by atoms with Crippen LogP contribution in [0.25, 0.3) is 11.1 Å². The van der Waals surface area contributed by atoms with Crippen LogP contribution in [0.4, 0.5) is 10.1 Å². The van der Waals surface area contributed by atoms with Crippen LogP contribution in [0.1, 0.15) is 5.56 Å². The summed E-state index contributed by atoms with van der Waals surface area (Å²) in [6.07, 6.45) is 0. The number of oxazole rings is 1. The van der Waals surface area contributed by atoms with Crippen LogP contribution in [-0.4, -0.2) is 9.19 Å². The molecule has 2 aromatic carbocycles. The second kappa shape index (κ2) is 5.57. The first-order chi connectivity index (χ1) is 10.0. The second-order valence-electron chi connectivity index (χ2n) is 4.47. The molecule has 108 valence electrons. The van der Waals surface area contributed by atoms with Gasteiger partial charge in [-0.2, -0.15) is 0 Å². The van der Waals surface area contributed by atoms with Crippen LogP contribution in [0.15, 0.2) is 50.5 Å². The normalized spacial score (nSPS) is 12.7. The minimum Gasteiger partial charge on any atom is -0.430 e. The quantitative estimate of drug-likeness (QED) is 0.716. The smallest absolute Gasteiger partial charge is 0.288 e. The number of benzene rings is 2. The standard InChI is InChI=1S/C14H10BrFN2O2S/c15-9-3-8(4-10(16)5-9)7-21(19)14-18-12-2-1-11(17)6-13(12)20-14/h1-6H,7,17H2. The molecule has 0 amide bonds. The minimum absolute atomic E-state index is 0.107. The van der Waals surface area contributed by atoms with E-state index >= 15 is 0 Å². The lowest BCUT2D eigenvalue weighted by Gasteiger charge is -2.00. The SMILES string of the molecule is Nc1ccc2nc(S(=O)Cc3cc(F)cc(Br)c3)oc2c1. The Kier molecular flexibility index (Phi) is 3.77. The molecular formula is C14H10BrFN2O2S. The van der Waals surface area contributed by atoms with E-state index in [-0.39, 0.29) is 16.8 Å². The van der Waals surface area contributed by atoms with E-state index in [0.717, 1.165) is 0 Å². The molecule has 1 unspecified atom stereocenters. The third-order valence-corrected chi connectivity index (χ3v) is 4.43. The first kappa shape index (κ1) is 14.2. The van der Waals surface area contributed by atoms with Crippen LogP contribution in [-0.2, 0) is 16.6 Å². The maximum Gasteiger partial charge on any atom is 0.288 e. The zero-order chi connectivity index (χ0) is 15.0. The second-order valence-corrected chi connectivity index (χ2v) is 6.72. The van der Waals surface area contributed by atoms with Crippen molar-refractivity contribution < 1.29 is 13.0 Å². The predicted molar refractivity (Wildman–Crippen MR) is 82.6 cm³/mol. The van der Waals surface area contributed by atoms with Gasteiger partial charge in [-0.15, -0.1) is 0 Å². The number of nitrogens with zero attached hydrogens (tertiary/aromatic N) is 1. The Morgan fingerprint density at radius 3 is 2.86 bits per heavy atom. The van der Waals surface area contributed by atoms with Gasteiger partial charge < -0.3 is 10.2 Å². The average molecular weight is 369 g/mol. The number of fused-ring (bicyclic) bond motifs is 1. The zero-order valence-electron chi connectivity index (χ0n) is 10.7. The highest BCUT2D eigenvalue weighted by molar-refractivity contribution is 9.10. The molecule has 7 heteroatoms. The van der Waals surface area contributed by atoms with E-state index in [1.807, 2.05) is 0 Å². The van der Waals surface area contributed by atoms with E-state index in [0.29, 0.717) is 26.8 Å². The fraction of sp³-hybridized carbons (Fsp3) is 0.0714. The molecule has 0 aliphatic rings. The molecule has 2 N–H and O–H groups in total. The zero-order valence-corrected chi connectivity index (χ0v) is 13.1. The highest BCUT2D eigenvalue weighted by Crippen LogP contribution is 2.22. The molecule has 3 rings (SSSR count). The van der Waals surface area contributed by atoms with E-state index < -0.39 is 10.8 Å². The molecule has 1 atom stereocenters. The van der Waals surface area contributed by atoms with Crippen molar-refractivity contribution in [3.05, 3.63) is 52.3 Å². The molecule has 3 aromatic rings. The van der Waals surface area contributed by atoms with Crippen LogP contribution in [0, 0.1) is 5.82 Å². The van der Waals surface area contributed by atoms with E-state index in [9.17, 15) is 8.60 Å². The van der Waals surface area contributed by atoms with Gasteiger partial charge in [0, 0.05) is 16.2 Å². The van der Waals surface area contributed by atoms with Crippen molar-refractivity contribution in [2.45, 2.75) is 11.0 Å². The fourth-order valence-corrected chi connectivity index (χ4v) is 3.41. The van der Waals surface area contributed by atoms with E-state index in [1.54, 1.807) is 24.3 Å². The Bertz CT molecular complexity index is 830. The van der Waals surface area contributed by atoms with Gasteiger partial charge >= 0.3 is 0 Å². The van der Waals surface area contributed by atoms with Crippen molar-refractivity contribution in [2.75, 3.05) is 5.73 Å². The Hall–Kier alpha value is -1.73. The number of halogens is 2. The molecule has 1 aromatic heterocycles. The number of hydrogen-bond acceptors (Lipinski definition) is 4. The molecule has 0 aliphatic heterocycles. The van der Waals surface area contributed by atoms with Crippen LogP contribution < -0.4 is 5.73 Å². The summed E-state index contributed by atoms with van der Waals surface area (Å²) in [4.78, 5) is 4.17. The number of rotatable bonds is 3. The predicted octanol–water partition coefficient (Wildman–Crippen LogP) is 3.62. The summed E-state index contributed by atoms with van der Waals surface area (Å²) in [6, 6.07) is 9.41. The summed E-state index contributed by atoms with van der Waals surface area (Å²) < 4.78 is 31.6. The molecule has 0 bridgehead atoms. The molecule has 0 spiro atoms. The van der Waals surface area contributed by atoms with E-state index in [2.05, 4.69) is 20.9 Å². The summed E-state index contributed by atoms with van der Waals surface area (Å²) in [6.45, 7) is 0. The summed E-state index contributed by atoms with van der Waals surface area (Å²) in [5, 5.41) is 0.107. The van der Waals surface area contributed by atoms with Gasteiger partial charge in [-0.3, -0.25) is 0 Å². The lowest BCUT2D eigenvalue weighted by Crippen LogP contribution is -1.97. The third kappa shape index (κ3) is 3.14. The van der Waals surface area contributed by atoms with Crippen molar-refractivity contribution in [2.24, 2.45) is 0 Å². The van der Waals surface area contributed by atoms with Gasteiger partial charge in [0.2, 0.25) is 0 Å². The number of aromatic nitrogens is 1. The van der Waals surface area contributed by atoms with Gasteiger partial charge in [0.1, 0.15) is 22.1 Å². The third-order valence-electron chi connectivity index (χ3n) is 2.81. The molecule has 0 saturated carbocycles. The number of nitrogen functional groups attached to an aromatic ring is 1. The monoisotopic (exact) mass is 368 g/mol. The Morgan fingerprint density at radius 1 is 1.29 bits per heavy atom. The maximum atomic E-state index is 13.3. The molecule has 4 nitrogen and oxygen atoms in total. The Morgan fingerprint density at radius 2 is 2.10 bits per heavy atom. The van der Waals surface area contributed by atoms with Crippen LogP contribution >= 0.6 is 15.9 Å². The molecule has 0 saturated heterocycles. The van der Waals surface area contributed by atoms with Gasteiger partial charge in [-0.1, -0.05) is 15.9 Å². The van der Waals surface area contributed by atoms with Gasteiger partial charge in [0.15, 0.2) is 5.58 Å². The average Bonchev–Trinajstić information content (AvgIpc) is 2.80. The number of nitrogens with two attached hydrogens (primary N) is 1. The van der Waals surface area contributed by atoms with E-state index in [1.165, 1.54) is 12.1 Å². The topological polar surface area (TPSA) is 69.1 Å². The van der Waals surface area contributed by atoms with Crippen LogP contribution in [0.5, 0.6) is 0 Å². The van der Waals surface area contributed by atoms with Crippen molar-refractivity contribution in [1.29, 1.82) is 0 Å². The minimum atomic E-state index is -1.50. The molecular weight excluding hydrogens is 359 g/mol. The van der Waals surface area contributed by atoms with Gasteiger partial charge in [-0.05, 0) is 35.9 Å². The molecule has 21 heavy (non-hydrogen) atoms. The van der Waals surface area contributed by atoms with Crippen molar-refractivity contribution in [1.82, 2.24) is 4.98 Å². The largest absolute Gasteiger partial charge is 0.430 e. The maximum absolute atomic E-state index is 13.3. The Balaban J connectivity index is 1.89. The number of anilines is 1. The van der Waals surface area contributed by atoms with Crippen LogP contribution in [0.2, 0.25) is 0 Å². The number of hydrogen-bond donors (Lipinski definition) is 1. The van der Waals surface area contributed by atoms with Crippen molar-refractivity contribution in [3.8, 4) is 0 Å². The van der Waals surface area contributed by atoms with Gasteiger partial charge in [0.25, 0.3) is 5.22 Å². The highest BCUT2D eigenvalue weighted by Gasteiger charge is 2.14. The highest BCUT2D eigenvalue weighted by atomic mass is 79.9. The molecule has 0 aliphatic carbocycles. The summed E-state index contributed by atoms with van der Waals surface area (Å²) >= 11 is 3.20. The summed E-state index contributed by atoms with van der Waals surface area (Å²) in [5.74, 6) is -0.264. The van der Waals surface area contributed by atoms with E-state index in [4.69, 9.17) is 10.2 Å². The Labute approximate surface area is 130 Å². The summed E-state index contributed by atoms with van der Waals surface area (Å²) in [7, 11) is -1.50. The molecule has 0 radical (unpaired) electrons. The first-order valence-corrected chi connectivity index (χ1v) is 8.12. The van der Waals surface area contributed by atoms with Gasteiger partial charge in [0.05, 0.1) is 5.75 Å². The van der Waals surface area contributed by atoms with Gasteiger partial charge in [-0.25, -0.2) is 13.6 Å². The fourth-order valence-electron chi connectivity index (χ4n) is 1.92. The molecule has 0 fully saturated rings. The molecule has 1 heterocycles. The lowest BCUT2D eigenvalue weighted by molar-refractivity contribution is 0.477. The van der Waals surface area contributed by atoms with Crippen molar-refractivity contribution in [3.63, 3.8) is 0 Å².